The molecule has 1 aromatic carbocycles. The summed E-state index contributed by atoms with van der Waals surface area (Å²) in [6.45, 7) is 2.67. The van der Waals surface area contributed by atoms with Gasteiger partial charge in [0.05, 0.1) is 18.1 Å². The molecule has 18 heavy (non-hydrogen) atoms. The van der Waals surface area contributed by atoms with Crippen LogP contribution in [-0.4, -0.2) is 29.5 Å². The first-order valence-electron chi connectivity index (χ1n) is 5.79. The van der Waals surface area contributed by atoms with Crippen molar-refractivity contribution < 1.29 is 4.74 Å². The Morgan fingerprint density at radius 1 is 1.39 bits per heavy atom. The van der Waals surface area contributed by atoms with Crippen molar-refractivity contribution in [2.24, 2.45) is 0 Å². The third kappa shape index (κ3) is 3.24. The number of aromatic nitrogens is 2. The predicted molar refractivity (Wildman–Crippen MR) is 72.6 cm³/mol. The Labute approximate surface area is 112 Å². The summed E-state index contributed by atoms with van der Waals surface area (Å²) in [5.41, 5.74) is 0.955. The maximum Gasteiger partial charge on any atom is 0.157 e. The Hall–Kier alpha value is -1.52. The lowest BCUT2D eigenvalue weighted by Crippen LogP contribution is -2.28. The van der Waals surface area contributed by atoms with Crippen molar-refractivity contribution >= 4 is 11.6 Å². The van der Waals surface area contributed by atoms with Gasteiger partial charge in [-0.2, -0.15) is 5.10 Å². The van der Waals surface area contributed by atoms with Gasteiger partial charge in [-0.3, -0.25) is 0 Å². The molecule has 0 bridgehead atoms. The van der Waals surface area contributed by atoms with Crippen molar-refractivity contribution in [2.45, 2.75) is 13.0 Å². The molecule has 1 N–H and O–H groups in total. The van der Waals surface area contributed by atoms with Gasteiger partial charge in [0.25, 0.3) is 0 Å². The lowest BCUT2D eigenvalue weighted by molar-refractivity contribution is 0.280. The van der Waals surface area contributed by atoms with Crippen molar-refractivity contribution in [3.63, 3.8) is 0 Å². The Morgan fingerprint density at radius 3 is 2.78 bits per heavy atom. The highest BCUT2D eigenvalue weighted by Crippen LogP contribution is 2.16. The second-order valence-corrected chi connectivity index (χ2v) is 4.53. The van der Waals surface area contributed by atoms with Crippen LogP contribution in [0.3, 0.4) is 0 Å². The number of nitrogens with one attached hydrogen (secondary N) is 1. The number of ether oxygens (including phenoxy) is 1. The van der Waals surface area contributed by atoms with E-state index in [1.165, 1.54) is 0 Å². The molecule has 0 aliphatic rings. The topological polar surface area (TPSA) is 39.1 Å². The summed E-state index contributed by atoms with van der Waals surface area (Å²) in [4.78, 5) is 0. The number of nitrogens with zero attached hydrogens (tertiary/aromatic N) is 2. The van der Waals surface area contributed by atoms with Crippen molar-refractivity contribution in [3.8, 4) is 11.4 Å². The molecule has 0 saturated carbocycles. The van der Waals surface area contributed by atoms with Crippen molar-refractivity contribution in [1.29, 1.82) is 0 Å². The first-order chi connectivity index (χ1) is 8.69. The number of benzene rings is 1. The Kier molecular flexibility index (Phi) is 4.23. The van der Waals surface area contributed by atoms with Crippen molar-refractivity contribution in [3.05, 3.63) is 41.7 Å². The van der Waals surface area contributed by atoms with Crippen LogP contribution in [0, 0.1) is 0 Å². The second-order valence-electron chi connectivity index (χ2n) is 4.10. The van der Waals surface area contributed by atoms with Crippen LogP contribution in [0.4, 0.5) is 0 Å². The smallest absolute Gasteiger partial charge is 0.157 e. The summed E-state index contributed by atoms with van der Waals surface area (Å²) in [6, 6.07) is 7.80. The molecule has 1 unspecified atom stereocenters. The van der Waals surface area contributed by atoms with E-state index in [1.807, 2.05) is 37.5 Å². The summed E-state index contributed by atoms with van der Waals surface area (Å²) in [5, 5.41) is 8.07. The quantitative estimate of drug-likeness (QED) is 0.903. The Morgan fingerprint density at radius 2 is 2.11 bits per heavy atom. The first kappa shape index (κ1) is 12.9. The first-order valence-corrected chi connectivity index (χ1v) is 6.17. The number of hydrogen-bond donors (Lipinski definition) is 1. The van der Waals surface area contributed by atoms with Crippen LogP contribution in [0.1, 0.15) is 6.92 Å². The van der Waals surface area contributed by atoms with E-state index in [1.54, 1.807) is 10.9 Å². The largest absolute Gasteiger partial charge is 0.489 e. The van der Waals surface area contributed by atoms with Crippen LogP contribution in [0.2, 0.25) is 5.02 Å². The molecule has 1 atom stereocenters. The van der Waals surface area contributed by atoms with E-state index in [9.17, 15) is 0 Å². The zero-order valence-electron chi connectivity index (χ0n) is 10.4. The Bertz CT molecular complexity index is 495. The van der Waals surface area contributed by atoms with E-state index >= 15 is 0 Å². The Balaban J connectivity index is 2.03. The van der Waals surface area contributed by atoms with Gasteiger partial charge in [0, 0.05) is 11.1 Å². The summed E-state index contributed by atoms with van der Waals surface area (Å²) in [6.07, 6.45) is 3.56. The highest BCUT2D eigenvalue weighted by Gasteiger charge is 2.04. The van der Waals surface area contributed by atoms with Gasteiger partial charge in [-0.05, 0) is 38.2 Å². The normalized spacial score (nSPS) is 12.4. The van der Waals surface area contributed by atoms with Crippen LogP contribution in [-0.2, 0) is 0 Å². The molecule has 2 aromatic rings. The van der Waals surface area contributed by atoms with Crippen molar-refractivity contribution in [2.75, 3.05) is 13.7 Å². The summed E-state index contributed by atoms with van der Waals surface area (Å²) < 4.78 is 7.37. The summed E-state index contributed by atoms with van der Waals surface area (Å²) in [7, 11) is 1.91. The number of hydrogen-bond acceptors (Lipinski definition) is 3. The van der Waals surface area contributed by atoms with Gasteiger partial charge in [-0.1, -0.05) is 11.6 Å². The van der Waals surface area contributed by atoms with Crippen LogP contribution >= 0.6 is 11.6 Å². The fourth-order valence-corrected chi connectivity index (χ4v) is 1.55. The molecular weight excluding hydrogens is 250 g/mol. The number of likely N-dealkylation sites (N-methyl/N-ethyl adjacent to an activating group) is 1. The van der Waals surface area contributed by atoms with E-state index in [0.717, 1.165) is 11.4 Å². The van der Waals surface area contributed by atoms with Gasteiger partial charge < -0.3 is 10.1 Å². The minimum absolute atomic E-state index is 0.309. The number of halogens is 1. The number of rotatable bonds is 5. The van der Waals surface area contributed by atoms with E-state index in [2.05, 4.69) is 17.3 Å². The van der Waals surface area contributed by atoms with E-state index in [4.69, 9.17) is 16.3 Å². The lowest BCUT2D eigenvalue weighted by atomic mass is 10.3. The molecule has 0 radical (unpaired) electrons. The van der Waals surface area contributed by atoms with Crippen molar-refractivity contribution in [1.82, 2.24) is 15.1 Å². The van der Waals surface area contributed by atoms with Gasteiger partial charge in [-0.25, -0.2) is 4.68 Å². The lowest BCUT2D eigenvalue weighted by Gasteiger charge is -2.09. The maximum atomic E-state index is 5.84. The standard InChI is InChI=1S/C13H16ClN3O/c1-10(15-2)9-18-13-7-16-17(8-13)12-5-3-11(14)4-6-12/h3-8,10,15H,9H2,1-2H3. The minimum Gasteiger partial charge on any atom is -0.489 e. The molecule has 0 spiro atoms. The molecular formula is C13H16ClN3O. The predicted octanol–water partition coefficient (Wildman–Crippen LogP) is 2.51. The third-order valence-electron chi connectivity index (χ3n) is 2.64. The average molecular weight is 266 g/mol. The highest BCUT2D eigenvalue weighted by molar-refractivity contribution is 6.30. The van der Waals surface area contributed by atoms with E-state index < -0.39 is 0 Å². The molecule has 0 fully saturated rings. The van der Waals surface area contributed by atoms with E-state index in [0.29, 0.717) is 17.7 Å². The van der Waals surface area contributed by atoms with Gasteiger partial charge in [0.2, 0.25) is 0 Å². The van der Waals surface area contributed by atoms with Gasteiger partial charge in [-0.15, -0.1) is 0 Å². The van der Waals surface area contributed by atoms with Gasteiger partial charge >= 0.3 is 0 Å². The van der Waals surface area contributed by atoms with Crippen LogP contribution in [0.15, 0.2) is 36.7 Å². The molecule has 1 heterocycles. The highest BCUT2D eigenvalue weighted by atomic mass is 35.5. The molecule has 1 aromatic heterocycles. The molecule has 2 rings (SSSR count). The van der Waals surface area contributed by atoms with E-state index in [-0.39, 0.29) is 0 Å². The molecule has 96 valence electrons. The summed E-state index contributed by atoms with van der Waals surface area (Å²) >= 11 is 5.84. The summed E-state index contributed by atoms with van der Waals surface area (Å²) in [5.74, 6) is 0.757. The fourth-order valence-electron chi connectivity index (χ4n) is 1.42. The molecule has 0 saturated heterocycles. The fraction of sp³-hybridized carbons (Fsp3) is 0.308. The zero-order chi connectivity index (χ0) is 13.0. The average Bonchev–Trinajstić information content (AvgIpc) is 2.85. The molecule has 0 aliphatic carbocycles. The van der Waals surface area contributed by atoms with Gasteiger partial charge in [0.1, 0.15) is 6.61 Å². The van der Waals surface area contributed by atoms with Crippen LogP contribution in [0.25, 0.3) is 5.69 Å². The zero-order valence-corrected chi connectivity index (χ0v) is 11.2. The molecule has 0 amide bonds. The minimum atomic E-state index is 0.309. The molecule has 5 heteroatoms. The maximum absolute atomic E-state index is 5.84. The monoisotopic (exact) mass is 265 g/mol. The second kappa shape index (κ2) is 5.89. The molecule has 4 nitrogen and oxygen atoms in total. The SMILES string of the molecule is CNC(C)COc1cnn(-c2ccc(Cl)cc2)c1. The van der Waals surface area contributed by atoms with Crippen LogP contribution in [0.5, 0.6) is 5.75 Å². The van der Waals surface area contributed by atoms with Crippen LogP contribution < -0.4 is 10.1 Å². The third-order valence-corrected chi connectivity index (χ3v) is 2.89. The van der Waals surface area contributed by atoms with Gasteiger partial charge in [0.15, 0.2) is 5.75 Å². The molecule has 0 aliphatic heterocycles.